The number of nitrogens with zero attached hydrogens (tertiary/aromatic N) is 7. The van der Waals surface area contributed by atoms with E-state index in [2.05, 4.69) is 16.6 Å². The van der Waals surface area contributed by atoms with Gasteiger partial charge < -0.3 is 19.3 Å². The molecule has 0 radical (unpaired) electrons. The third-order valence-electron chi connectivity index (χ3n) is 8.69. The summed E-state index contributed by atoms with van der Waals surface area (Å²) in [6.07, 6.45) is 4.00. The molecule has 2 aliphatic rings. The Morgan fingerprint density at radius 3 is 2.85 bits per heavy atom. The van der Waals surface area contributed by atoms with Gasteiger partial charge in [-0.3, -0.25) is 14.2 Å². The number of thiophene rings is 1. The van der Waals surface area contributed by atoms with Crippen LogP contribution in [0.4, 0.5) is 14.6 Å². The van der Waals surface area contributed by atoms with Gasteiger partial charge in [-0.2, -0.15) is 10.2 Å². The van der Waals surface area contributed by atoms with Crippen LogP contribution in [0.5, 0.6) is 5.75 Å². The van der Waals surface area contributed by atoms with Crippen molar-refractivity contribution in [1.29, 1.82) is 0 Å². The number of fused-ring (bicyclic) bond motifs is 3. The van der Waals surface area contributed by atoms with Gasteiger partial charge in [-0.05, 0) is 30.5 Å². The van der Waals surface area contributed by atoms with E-state index in [4.69, 9.17) is 19.6 Å². The number of rotatable bonds is 8. The Morgan fingerprint density at radius 1 is 1.20 bits per heavy atom. The maximum atomic E-state index is 16.0. The van der Waals surface area contributed by atoms with Gasteiger partial charge in [-0.25, -0.2) is 13.8 Å². The summed E-state index contributed by atoms with van der Waals surface area (Å²) in [5.41, 5.74) is 4.68. The van der Waals surface area contributed by atoms with Crippen molar-refractivity contribution in [3.8, 4) is 28.3 Å². The van der Waals surface area contributed by atoms with Gasteiger partial charge in [-0.15, -0.1) is 11.3 Å². The Labute approximate surface area is 268 Å². The minimum absolute atomic E-state index is 0.0540. The summed E-state index contributed by atoms with van der Waals surface area (Å²) < 4.78 is 46.3. The van der Waals surface area contributed by atoms with Crippen LogP contribution in [0.3, 0.4) is 0 Å². The number of methoxy groups -OCH3 is 1. The van der Waals surface area contributed by atoms with Crippen molar-refractivity contribution in [3.05, 3.63) is 77.1 Å². The Hall–Kier alpha value is -4.62. The standard InChI is InChI=1S/C33H33F2N7O3S/c1-5-28(43)41-18-22-14-25(38-42(22)16-19(41)2)31-30(29-24(35)12-21(34)13-27(29)45-10-9-44-4)32-23(7-11-46-32)33(37-31)40-8-6-26-20(17-40)15-36-39(26)3/h5,7,11-15,19H,1,6,8-10,16-18H2,2-4H3. The topological polar surface area (TPSA) is 90.5 Å². The zero-order valence-corrected chi connectivity index (χ0v) is 26.6. The Morgan fingerprint density at radius 2 is 2.04 bits per heavy atom. The molecule has 1 aromatic carbocycles. The number of carbonyl (C=O) groups is 1. The number of amides is 1. The first-order valence-electron chi connectivity index (χ1n) is 15.0. The van der Waals surface area contributed by atoms with Crippen molar-refractivity contribution in [2.24, 2.45) is 7.05 Å². The highest BCUT2D eigenvalue weighted by Crippen LogP contribution is 2.47. The van der Waals surface area contributed by atoms with E-state index < -0.39 is 11.6 Å². The lowest BCUT2D eigenvalue weighted by Gasteiger charge is -2.33. The van der Waals surface area contributed by atoms with E-state index in [9.17, 15) is 9.18 Å². The summed E-state index contributed by atoms with van der Waals surface area (Å²) in [6.45, 7) is 8.12. The van der Waals surface area contributed by atoms with Crippen LogP contribution in [0.2, 0.25) is 0 Å². The molecule has 0 bridgehead atoms. The van der Waals surface area contributed by atoms with Crippen molar-refractivity contribution in [3.63, 3.8) is 0 Å². The van der Waals surface area contributed by atoms with Crippen LogP contribution < -0.4 is 9.64 Å². The van der Waals surface area contributed by atoms with Crippen LogP contribution in [0, 0.1) is 11.6 Å². The van der Waals surface area contributed by atoms with Gasteiger partial charge in [0.2, 0.25) is 5.91 Å². The lowest BCUT2D eigenvalue weighted by Crippen LogP contribution is -2.44. The lowest BCUT2D eigenvalue weighted by molar-refractivity contribution is -0.129. The van der Waals surface area contributed by atoms with Crippen molar-refractivity contribution in [2.75, 3.05) is 31.8 Å². The second-order valence-corrected chi connectivity index (χ2v) is 12.5. The highest BCUT2D eigenvalue weighted by Gasteiger charge is 2.32. The fraction of sp³-hybridized carbons (Fsp3) is 0.333. The molecular weight excluding hydrogens is 612 g/mol. The van der Waals surface area contributed by atoms with E-state index in [1.807, 2.05) is 47.0 Å². The summed E-state index contributed by atoms with van der Waals surface area (Å²) in [6, 6.07) is 5.83. The number of aryl methyl sites for hydroxylation is 1. The lowest BCUT2D eigenvalue weighted by atomic mass is 9.98. The predicted molar refractivity (Wildman–Crippen MR) is 172 cm³/mol. The average Bonchev–Trinajstić information content (AvgIpc) is 3.78. The fourth-order valence-corrected chi connectivity index (χ4v) is 7.37. The number of pyridine rings is 1. The average molecular weight is 646 g/mol. The van der Waals surface area contributed by atoms with Crippen LogP contribution in [0.25, 0.3) is 32.6 Å². The number of anilines is 1. The molecular formula is C33H33F2N7O3S. The van der Waals surface area contributed by atoms with E-state index in [0.29, 0.717) is 36.6 Å². The molecule has 46 heavy (non-hydrogen) atoms. The van der Waals surface area contributed by atoms with Crippen molar-refractivity contribution in [2.45, 2.75) is 39.0 Å². The SMILES string of the molecule is C=CC(=O)N1Cc2cc(-c3nc(N4CCc5c(cnn5C)C4)c4ccsc4c3-c3c(F)cc(F)cc3OCCOC)nn2CC1C. The number of carbonyl (C=O) groups excluding carboxylic acids is 1. The van der Waals surface area contributed by atoms with Gasteiger partial charge in [0.25, 0.3) is 0 Å². The van der Waals surface area contributed by atoms with Crippen molar-refractivity contribution < 1.29 is 23.0 Å². The van der Waals surface area contributed by atoms with Crippen LogP contribution in [0.1, 0.15) is 23.9 Å². The van der Waals surface area contributed by atoms with Crippen LogP contribution in [0.15, 0.2) is 48.5 Å². The molecule has 2 aliphatic heterocycles. The van der Waals surface area contributed by atoms with Gasteiger partial charge in [0.15, 0.2) is 0 Å². The Bertz CT molecular complexity index is 1980. The second kappa shape index (κ2) is 12.0. The van der Waals surface area contributed by atoms with E-state index >= 15 is 4.39 Å². The number of ether oxygens (including phenoxy) is 2. The molecule has 238 valence electrons. The molecule has 1 atom stereocenters. The third-order valence-corrected chi connectivity index (χ3v) is 9.63. The molecule has 0 fully saturated rings. The van der Waals surface area contributed by atoms with Crippen molar-refractivity contribution >= 4 is 33.1 Å². The predicted octanol–water partition coefficient (Wildman–Crippen LogP) is 5.34. The maximum absolute atomic E-state index is 16.0. The van der Waals surface area contributed by atoms with E-state index in [0.717, 1.165) is 46.2 Å². The molecule has 0 saturated heterocycles. The highest BCUT2D eigenvalue weighted by molar-refractivity contribution is 7.18. The van der Waals surface area contributed by atoms with Gasteiger partial charge >= 0.3 is 0 Å². The van der Waals surface area contributed by atoms with E-state index in [-0.39, 0.29) is 36.5 Å². The first kappa shape index (κ1) is 30.1. The normalized spacial score (nSPS) is 16.1. The van der Waals surface area contributed by atoms with Crippen LogP contribution in [-0.4, -0.2) is 68.3 Å². The Kier molecular flexibility index (Phi) is 7.81. The minimum Gasteiger partial charge on any atom is -0.490 e. The quantitative estimate of drug-likeness (QED) is 0.166. The molecule has 1 amide bonds. The number of hydrogen-bond donors (Lipinski definition) is 0. The Balaban J connectivity index is 1.44. The molecule has 0 aliphatic carbocycles. The largest absolute Gasteiger partial charge is 0.490 e. The smallest absolute Gasteiger partial charge is 0.246 e. The fourth-order valence-electron chi connectivity index (χ4n) is 6.43. The highest BCUT2D eigenvalue weighted by atomic mass is 32.1. The molecule has 13 heteroatoms. The molecule has 5 aromatic rings. The van der Waals surface area contributed by atoms with Gasteiger partial charge in [-0.1, -0.05) is 6.58 Å². The zero-order valence-electron chi connectivity index (χ0n) is 25.8. The van der Waals surface area contributed by atoms with Gasteiger partial charge in [0, 0.05) is 78.7 Å². The van der Waals surface area contributed by atoms with Gasteiger partial charge in [0.05, 0.1) is 37.2 Å². The van der Waals surface area contributed by atoms with Crippen LogP contribution in [-0.2, 0) is 42.6 Å². The molecule has 7 rings (SSSR count). The minimum atomic E-state index is -0.767. The van der Waals surface area contributed by atoms with Gasteiger partial charge in [0.1, 0.15) is 41.2 Å². The molecule has 0 saturated carbocycles. The van der Waals surface area contributed by atoms with Crippen LogP contribution >= 0.6 is 11.3 Å². The number of halogens is 2. The number of aromatic nitrogens is 5. The number of hydrogen-bond acceptors (Lipinski definition) is 8. The molecule has 4 aromatic heterocycles. The maximum Gasteiger partial charge on any atom is 0.246 e. The molecule has 0 N–H and O–H groups in total. The monoisotopic (exact) mass is 645 g/mol. The zero-order chi connectivity index (χ0) is 32.1. The summed E-state index contributed by atoms with van der Waals surface area (Å²) in [7, 11) is 3.48. The summed E-state index contributed by atoms with van der Waals surface area (Å²) in [5, 5.41) is 12.2. The molecule has 0 spiro atoms. The summed E-state index contributed by atoms with van der Waals surface area (Å²) in [4.78, 5) is 21.8. The van der Waals surface area contributed by atoms with Crippen molar-refractivity contribution in [1.82, 2.24) is 29.4 Å². The third kappa shape index (κ3) is 5.13. The summed E-state index contributed by atoms with van der Waals surface area (Å²) in [5.74, 6) is -0.874. The molecule has 10 nitrogen and oxygen atoms in total. The van der Waals surface area contributed by atoms with E-state index in [1.165, 1.54) is 36.3 Å². The molecule has 6 heterocycles. The first-order chi connectivity index (χ1) is 22.3. The second-order valence-electron chi connectivity index (χ2n) is 11.6. The number of benzene rings is 1. The van der Waals surface area contributed by atoms with E-state index in [1.54, 1.807) is 4.90 Å². The summed E-state index contributed by atoms with van der Waals surface area (Å²) >= 11 is 1.46. The first-order valence-corrected chi connectivity index (χ1v) is 15.9. The molecule has 1 unspecified atom stereocenters.